The van der Waals surface area contributed by atoms with Crippen LogP contribution in [0.3, 0.4) is 0 Å². The minimum Gasteiger partial charge on any atom is -0.392 e. The van der Waals surface area contributed by atoms with Crippen molar-refractivity contribution in [3.8, 4) is 0 Å². The lowest BCUT2D eigenvalue weighted by molar-refractivity contribution is 0.118. The molecule has 1 aromatic carbocycles. The molecule has 1 fully saturated rings. The largest absolute Gasteiger partial charge is 0.392 e. The second kappa shape index (κ2) is 7.31. The number of likely N-dealkylation sites (tertiary alicyclic amines) is 1. The van der Waals surface area contributed by atoms with Gasteiger partial charge in [-0.1, -0.05) is 24.3 Å². The average molecular weight is 260 g/mol. The van der Waals surface area contributed by atoms with Crippen molar-refractivity contribution in [1.29, 1.82) is 0 Å². The van der Waals surface area contributed by atoms with Crippen LogP contribution < -0.4 is 5.32 Å². The molecule has 104 valence electrons. The van der Waals surface area contributed by atoms with Crippen molar-refractivity contribution >= 4 is 5.69 Å². The van der Waals surface area contributed by atoms with E-state index in [0.29, 0.717) is 6.04 Å². The van der Waals surface area contributed by atoms with E-state index in [-0.39, 0.29) is 6.10 Å². The number of aliphatic hydroxyl groups excluding tert-OH is 1. The summed E-state index contributed by atoms with van der Waals surface area (Å²) in [5, 5.41) is 13.5. The number of allylic oxidation sites excluding steroid dienone is 1. The van der Waals surface area contributed by atoms with Crippen LogP contribution in [0, 0.1) is 0 Å². The van der Waals surface area contributed by atoms with E-state index in [1.165, 1.54) is 5.69 Å². The summed E-state index contributed by atoms with van der Waals surface area (Å²) in [5.74, 6) is 0. The zero-order valence-electron chi connectivity index (χ0n) is 11.5. The van der Waals surface area contributed by atoms with Gasteiger partial charge in [-0.05, 0) is 31.4 Å². The fourth-order valence-corrected chi connectivity index (χ4v) is 2.59. The highest BCUT2D eigenvalue weighted by Gasteiger charge is 2.23. The molecular weight excluding hydrogens is 236 g/mol. The van der Waals surface area contributed by atoms with Crippen molar-refractivity contribution in [2.24, 2.45) is 0 Å². The third-order valence-corrected chi connectivity index (χ3v) is 3.59. The molecule has 1 saturated heterocycles. The highest BCUT2D eigenvalue weighted by Crippen LogP contribution is 2.16. The van der Waals surface area contributed by atoms with Crippen molar-refractivity contribution < 1.29 is 5.11 Å². The van der Waals surface area contributed by atoms with E-state index in [0.717, 1.165) is 38.9 Å². The van der Waals surface area contributed by atoms with Crippen molar-refractivity contribution in [3.05, 3.63) is 43.0 Å². The molecule has 19 heavy (non-hydrogen) atoms. The SMILES string of the molecule is C=CCC[C@@H](O)CN1CC[C@@H](Nc2ccccc2)C1. The van der Waals surface area contributed by atoms with E-state index in [2.05, 4.69) is 28.9 Å². The van der Waals surface area contributed by atoms with Crippen LogP contribution in [0.4, 0.5) is 5.69 Å². The Kier molecular flexibility index (Phi) is 5.43. The number of β-amino-alcohol motifs (C(OH)–C–C–N with tert-alkyl or cyclic N) is 1. The maximum Gasteiger partial charge on any atom is 0.0670 e. The van der Waals surface area contributed by atoms with Gasteiger partial charge < -0.3 is 10.4 Å². The van der Waals surface area contributed by atoms with Crippen LogP contribution in [0.5, 0.6) is 0 Å². The number of anilines is 1. The van der Waals surface area contributed by atoms with Crippen molar-refractivity contribution in [3.63, 3.8) is 0 Å². The summed E-state index contributed by atoms with van der Waals surface area (Å²) >= 11 is 0. The molecule has 1 aliphatic heterocycles. The maximum atomic E-state index is 9.91. The van der Waals surface area contributed by atoms with Crippen LogP contribution in [0.15, 0.2) is 43.0 Å². The number of rotatable bonds is 7. The molecule has 0 radical (unpaired) electrons. The predicted molar refractivity (Wildman–Crippen MR) is 80.3 cm³/mol. The van der Waals surface area contributed by atoms with Crippen molar-refractivity contribution in [2.75, 3.05) is 25.0 Å². The molecule has 0 aromatic heterocycles. The lowest BCUT2D eigenvalue weighted by Crippen LogP contribution is -2.32. The van der Waals surface area contributed by atoms with Crippen LogP contribution in [-0.2, 0) is 0 Å². The predicted octanol–water partition coefficient (Wildman–Crippen LogP) is 2.50. The normalized spacial score (nSPS) is 21.2. The van der Waals surface area contributed by atoms with E-state index >= 15 is 0 Å². The third-order valence-electron chi connectivity index (χ3n) is 3.59. The first-order valence-electron chi connectivity index (χ1n) is 7.11. The summed E-state index contributed by atoms with van der Waals surface area (Å²) in [4.78, 5) is 2.34. The molecule has 3 nitrogen and oxygen atoms in total. The standard InChI is InChI=1S/C16H24N2O/c1-2-3-9-16(19)13-18-11-10-15(12-18)17-14-7-5-4-6-8-14/h2,4-8,15-17,19H,1,3,9-13H2/t15-,16-/m1/s1. The molecule has 2 rings (SSSR count). The van der Waals surface area contributed by atoms with E-state index in [4.69, 9.17) is 0 Å². The Bertz CT molecular complexity index is 380. The molecule has 0 unspecified atom stereocenters. The van der Waals surface area contributed by atoms with Gasteiger partial charge in [0.05, 0.1) is 6.10 Å². The van der Waals surface area contributed by atoms with Gasteiger partial charge in [0.2, 0.25) is 0 Å². The van der Waals surface area contributed by atoms with Gasteiger partial charge in [-0.2, -0.15) is 0 Å². The lowest BCUT2D eigenvalue weighted by Gasteiger charge is -2.20. The van der Waals surface area contributed by atoms with Gasteiger partial charge in [-0.15, -0.1) is 6.58 Å². The molecule has 0 bridgehead atoms. The number of nitrogens with one attached hydrogen (secondary N) is 1. The number of hydrogen-bond donors (Lipinski definition) is 2. The molecule has 2 atom stereocenters. The Morgan fingerprint density at radius 3 is 2.95 bits per heavy atom. The van der Waals surface area contributed by atoms with Gasteiger partial charge in [0.25, 0.3) is 0 Å². The maximum absolute atomic E-state index is 9.91. The van der Waals surface area contributed by atoms with E-state index in [9.17, 15) is 5.11 Å². The Morgan fingerprint density at radius 1 is 1.42 bits per heavy atom. The first-order valence-corrected chi connectivity index (χ1v) is 7.11. The molecule has 0 aliphatic carbocycles. The Labute approximate surface area is 115 Å². The number of nitrogens with zero attached hydrogens (tertiary/aromatic N) is 1. The fourth-order valence-electron chi connectivity index (χ4n) is 2.59. The fraction of sp³-hybridized carbons (Fsp3) is 0.500. The number of hydrogen-bond acceptors (Lipinski definition) is 3. The van der Waals surface area contributed by atoms with Crippen LogP contribution >= 0.6 is 0 Å². The van der Waals surface area contributed by atoms with Gasteiger partial charge in [0, 0.05) is 31.4 Å². The Balaban J connectivity index is 1.72. The highest BCUT2D eigenvalue weighted by molar-refractivity contribution is 5.43. The number of aliphatic hydroxyl groups is 1. The number of benzene rings is 1. The lowest BCUT2D eigenvalue weighted by atomic mass is 10.2. The average Bonchev–Trinajstić information content (AvgIpc) is 2.85. The second-order valence-electron chi connectivity index (χ2n) is 5.28. The van der Waals surface area contributed by atoms with Crippen LogP contribution in [0.2, 0.25) is 0 Å². The van der Waals surface area contributed by atoms with Gasteiger partial charge in [-0.25, -0.2) is 0 Å². The van der Waals surface area contributed by atoms with E-state index in [1.807, 2.05) is 24.3 Å². The molecule has 0 saturated carbocycles. The van der Waals surface area contributed by atoms with Gasteiger partial charge in [-0.3, -0.25) is 4.90 Å². The van der Waals surface area contributed by atoms with Gasteiger partial charge in [0.15, 0.2) is 0 Å². The second-order valence-corrected chi connectivity index (χ2v) is 5.28. The molecule has 0 amide bonds. The molecular formula is C16H24N2O. The highest BCUT2D eigenvalue weighted by atomic mass is 16.3. The van der Waals surface area contributed by atoms with Crippen LogP contribution in [0.25, 0.3) is 0 Å². The summed E-state index contributed by atoms with van der Waals surface area (Å²) < 4.78 is 0. The zero-order valence-corrected chi connectivity index (χ0v) is 11.5. The van der Waals surface area contributed by atoms with Crippen LogP contribution in [0.1, 0.15) is 19.3 Å². The molecule has 2 N–H and O–H groups in total. The van der Waals surface area contributed by atoms with E-state index < -0.39 is 0 Å². The summed E-state index contributed by atoms with van der Waals surface area (Å²) in [6.45, 7) is 6.55. The van der Waals surface area contributed by atoms with Crippen LogP contribution in [-0.4, -0.2) is 41.8 Å². The first kappa shape index (κ1) is 14.1. The minimum atomic E-state index is -0.228. The van der Waals surface area contributed by atoms with Gasteiger partial charge >= 0.3 is 0 Å². The smallest absolute Gasteiger partial charge is 0.0670 e. The number of para-hydroxylation sites is 1. The summed E-state index contributed by atoms with van der Waals surface area (Å²) in [5.41, 5.74) is 1.18. The Hall–Kier alpha value is -1.32. The minimum absolute atomic E-state index is 0.228. The topological polar surface area (TPSA) is 35.5 Å². The summed E-state index contributed by atoms with van der Waals surface area (Å²) in [7, 11) is 0. The molecule has 1 aliphatic rings. The van der Waals surface area contributed by atoms with E-state index in [1.54, 1.807) is 0 Å². The summed E-state index contributed by atoms with van der Waals surface area (Å²) in [6, 6.07) is 10.8. The van der Waals surface area contributed by atoms with Crippen molar-refractivity contribution in [2.45, 2.75) is 31.4 Å². The summed E-state index contributed by atoms with van der Waals surface area (Å²) in [6.07, 6.45) is 4.49. The molecule has 0 spiro atoms. The first-order chi connectivity index (χ1) is 9.28. The zero-order chi connectivity index (χ0) is 13.5. The quantitative estimate of drug-likeness (QED) is 0.739. The monoisotopic (exact) mass is 260 g/mol. The molecule has 3 heteroatoms. The van der Waals surface area contributed by atoms with Gasteiger partial charge in [0.1, 0.15) is 0 Å². The van der Waals surface area contributed by atoms with Crippen molar-refractivity contribution in [1.82, 2.24) is 4.90 Å². The Morgan fingerprint density at radius 2 is 2.21 bits per heavy atom. The molecule has 1 aromatic rings. The third kappa shape index (κ3) is 4.69. The molecule has 1 heterocycles.